The van der Waals surface area contributed by atoms with Gasteiger partial charge in [-0.2, -0.15) is 0 Å². The van der Waals surface area contributed by atoms with Crippen molar-refractivity contribution in [2.24, 2.45) is 0 Å². The summed E-state index contributed by atoms with van der Waals surface area (Å²) in [6.45, 7) is 5.80. The van der Waals surface area contributed by atoms with Crippen LogP contribution in [-0.4, -0.2) is 36.5 Å². The molecule has 0 heterocycles. The summed E-state index contributed by atoms with van der Waals surface area (Å²) in [5, 5.41) is 11.0. The van der Waals surface area contributed by atoms with Gasteiger partial charge in [-0.15, -0.1) is 0 Å². The minimum Gasteiger partial charge on any atom is -0.493 e. The Morgan fingerprint density at radius 2 is 2.03 bits per heavy atom. The van der Waals surface area contributed by atoms with Crippen molar-refractivity contribution in [2.45, 2.75) is 13.0 Å². The van der Waals surface area contributed by atoms with Crippen LogP contribution in [0.5, 0.6) is 11.5 Å². The molecule has 152 valence electrons. The minimum absolute atomic E-state index is 0.00315. The van der Waals surface area contributed by atoms with E-state index < -0.39 is 4.92 Å². The van der Waals surface area contributed by atoms with E-state index in [2.05, 4.69) is 6.58 Å². The lowest BCUT2D eigenvalue weighted by atomic mass is 10.1. The first-order valence-electron chi connectivity index (χ1n) is 8.98. The summed E-state index contributed by atoms with van der Waals surface area (Å²) < 4.78 is 10.8. The van der Waals surface area contributed by atoms with Gasteiger partial charge in [-0.1, -0.05) is 30.9 Å². The van der Waals surface area contributed by atoms with Gasteiger partial charge >= 0.3 is 0 Å². The normalized spacial score (nSPS) is 11.7. The molecule has 2 rings (SSSR count). The van der Waals surface area contributed by atoms with Crippen LogP contribution in [0.4, 0.5) is 5.69 Å². The van der Waals surface area contributed by atoms with Crippen LogP contribution in [0, 0.1) is 10.1 Å². The fraction of sp³-hybridized carbons (Fsp3) is 0.227. The molecule has 1 amide bonds. The van der Waals surface area contributed by atoms with Gasteiger partial charge in [-0.05, 0) is 36.3 Å². The molecule has 0 radical (unpaired) electrons. The molecule has 0 aliphatic carbocycles. The number of nitrogens with zero attached hydrogens (tertiary/aromatic N) is 2. The van der Waals surface area contributed by atoms with Crippen LogP contribution in [0.1, 0.15) is 24.1 Å². The fourth-order valence-corrected chi connectivity index (χ4v) is 2.65. The number of nitro benzene ring substituents is 1. The van der Waals surface area contributed by atoms with Crippen LogP contribution in [0.25, 0.3) is 6.08 Å². The summed E-state index contributed by atoms with van der Waals surface area (Å²) in [5.41, 5.74) is 1.46. The summed E-state index contributed by atoms with van der Waals surface area (Å²) in [6.07, 6.45) is 4.77. The number of likely N-dealkylation sites (N-methyl/N-ethyl adjacent to an activating group) is 1. The lowest BCUT2D eigenvalue weighted by molar-refractivity contribution is -0.384. The third-order valence-electron chi connectivity index (χ3n) is 4.45. The van der Waals surface area contributed by atoms with Crippen LogP contribution < -0.4 is 9.47 Å². The van der Waals surface area contributed by atoms with Gasteiger partial charge in [0.25, 0.3) is 5.69 Å². The Labute approximate surface area is 170 Å². The Bertz CT molecular complexity index is 923. The number of carbonyl (C=O) groups is 1. The summed E-state index contributed by atoms with van der Waals surface area (Å²) >= 11 is 0. The standard InChI is InChI=1S/C22H24N2O5/c1-5-13-29-20-11-9-17(14-21(20)28-4)10-12-22(25)23(3)16(2)18-7-6-8-19(15-18)24(26)27/h5-12,14-16H,1,13H2,2-4H3/b12-10+/t16-/m1/s1. The van der Waals surface area contributed by atoms with Gasteiger partial charge in [-0.25, -0.2) is 0 Å². The second-order valence-corrected chi connectivity index (χ2v) is 6.32. The number of benzene rings is 2. The molecule has 0 fully saturated rings. The zero-order chi connectivity index (χ0) is 21.4. The predicted molar refractivity (Wildman–Crippen MR) is 112 cm³/mol. The van der Waals surface area contributed by atoms with Gasteiger partial charge in [0.2, 0.25) is 5.91 Å². The average Bonchev–Trinajstić information content (AvgIpc) is 2.75. The Kier molecular flexibility index (Phi) is 7.54. The van der Waals surface area contributed by atoms with Crippen LogP contribution in [0.2, 0.25) is 0 Å². The highest BCUT2D eigenvalue weighted by atomic mass is 16.6. The Morgan fingerprint density at radius 1 is 1.28 bits per heavy atom. The van der Waals surface area contributed by atoms with Crippen molar-refractivity contribution in [1.29, 1.82) is 0 Å². The van der Waals surface area contributed by atoms with Crippen molar-refractivity contribution in [3.63, 3.8) is 0 Å². The van der Waals surface area contributed by atoms with Gasteiger partial charge in [0.15, 0.2) is 11.5 Å². The highest BCUT2D eigenvalue weighted by Gasteiger charge is 2.17. The monoisotopic (exact) mass is 396 g/mol. The van der Waals surface area contributed by atoms with Gasteiger partial charge in [0, 0.05) is 25.3 Å². The number of non-ortho nitro benzene ring substituents is 1. The van der Waals surface area contributed by atoms with E-state index in [0.717, 1.165) is 5.56 Å². The third kappa shape index (κ3) is 5.68. The van der Waals surface area contributed by atoms with Gasteiger partial charge in [0.05, 0.1) is 18.1 Å². The van der Waals surface area contributed by atoms with Crippen molar-refractivity contribution in [3.8, 4) is 11.5 Å². The summed E-state index contributed by atoms with van der Waals surface area (Å²) in [7, 11) is 3.20. The van der Waals surface area contributed by atoms with E-state index in [1.807, 2.05) is 13.0 Å². The van der Waals surface area contributed by atoms with E-state index in [1.54, 1.807) is 50.6 Å². The zero-order valence-corrected chi connectivity index (χ0v) is 16.7. The first-order chi connectivity index (χ1) is 13.9. The second-order valence-electron chi connectivity index (χ2n) is 6.32. The highest BCUT2D eigenvalue weighted by Crippen LogP contribution is 2.29. The molecule has 1 atom stereocenters. The molecule has 0 aliphatic heterocycles. The maximum Gasteiger partial charge on any atom is 0.269 e. The third-order valence-corrected chi connectivity index (χ3v) is 4.45. The lowest BCUT2D eigenvalue weighted by Crippen LogP contribution is -2.28. The molecule has 0 spiro atoms. The van der Waals surface area contributed by atoms with E-state index in [-0.39, 0.29) is 17.6 Å². The first-order valence-corrected chi connectivity index (χ1v) is 8.98. The quantitative estimate of drug-likeness (QED) is 0.272. The van der Waals surface area contributed by atoms with Crippen LogP contribution in [0.15, 0.2) is 61.2 Å². The van der Waals surface area contributed by atoms with E-state index in [0.29, 0.717) is 23.7 Å². The molecule has 29 heavy (non-hydrogen) atoms. The van der Waals surface area contributed by atoms with Crippen LogP contribution in [-0.2, 0) is 4.79 Å². The van der Waals surface area contributed by atoms with Crippen molar-refractivity contribution in [1.82, 2.24) is 4.90 Å². The smallest absolute Gasteiger partial charge is 0.269 e. The van der Waals surface area contributed by atoms with Crippen LogP contribution >= 0.6 is 0 Å². The number of methoxy groups -OCH3 is 1. The molecule has 0 unspecified atom stereocenters. The highest BCUT2D eigenvalue weighted by molar-refractivity contribution is 5.92. The van der Waals surface area contributed by atoms with Gasteiger partial charge in [0.1, 0.15) is 6.61 Å². The number of amides is 1. The fourth-order valence-electron chi connectivity index (χ4n) is 2.65. The van der Waals surface area contributed by atoms with Crippen LogP contribution in [0.3, 0.4) is 0 Å². The molecule has 2 aromatic carbocycles. The van der Waals surface area contributed by atoms with Crippen molar-refractivity contribution >= 4 is 17.7 Å². The maximum atomic E-state index is 12.6. The molecule has 0 saturated heterocycles. The number of rotatable bonds is 9. The molecular weight excluding hydrogens is 372 g/mol. The molecule has 0 N–H and O–H groups in total. The van der Waals surface area contributed by atoms with E-state index in [9.17, 15) is 14.9 Å². The van der Waals surface area contributed by atoms with Crippen molar-refractivity contribution < 1.29 is 19.2 Å². The number of nitro groups is 1. The van der Waals surface area contributed by atoms with Gasteiger partial charge < -0.3 is 14.4 Å². The maximum absolute atomic E-state index is 12.6. The molecule has 0 saturated carbocycles. The summed E-state index contributed by atoms with van der Waals surface area (Å²) in [6, 6.07) is 11.3. The average molecular weight is 396 g/mol. The minimum atomic E-state index is -0.451. The second kappa shape index (κ2) is 10.1. The molecule has 0 bridgehead atoms. The van der Waals surface area contributed by atoms with E-state index >= 15 is 0 Å². The Hall–Kier alpha value is -3.61. The zero-order valence-electron chi connectivity index (χ0n) is 16.7. The molecule has 2 aromatic rings. The summed E-state index contributed by atoms with van der Waals surface area (Å²) in [5.74, 6) is 0.919. The first kappa shape index (κ1) is 21.7. The summed E-state index contributed by atoms with van der Waals surface area (Å²) in [4.78, 5) is 24.6. The molecule has 7 nitrogen and oxygen atoms in total. The van der Waals surface area contributed by atoms with Crippen molar-refractivity contribution in [3.05, 3.63) is 82.4 Å². The van der Waals surface area contributed by atoms with Crippen molar-refractivity contribution in [2.75, 3.05) is 20.8 Å². The Morgan fingerprint density at radius 3 is 2.69 bits per heavy atom. The van der Waals surface area contributed by atoms with E-state index in [4.69, 9.17) is 9.47 Å². The topological polar surface area (TPSA) is 81.9 Å². The molecular formula is C22H24N2O5. The number of hydrogen-bond donors (Lipinski definition) is 0. The molecule has 7 heteroatoms. The lowest BCUT2D eigenvalue weighted by Gasteiger charge is -2.24. The molecule has 0 aliphatic rings. The largest absolute Gasteiger partial charge is 0.493 e. The van der Waals surface area contributed by atoms with E-state index in [1.165, 1.54) is 23.1 Å². The number of hydrogen-bond acceptors (Lipinski definition) is 5. The number of ether oxygens (including phenoxy) is 2. The molecule has 0 aromatic heterocycles. The Balaban J connectivity index is 2.12. The SMILES string of the molecule is C=CCOc1ccc(/C=C/C(=O)N(C)[C@H](C)c2cccc([N+](=O)[O-])c2)cc1OC. The predicted octanol–water partition coefficient (Wildman–Crippen LogP) is 4.40. The van der Waals surface area contributed by atoms with Gasteiger partial charge in [-0.3, -0.25) is 14.9 Å². The number of carbonyl (C=O) groups excluding carboxylic acids is 1.